The first-order valence-corrected chi connectivity index (χ1v) is 14.7. The van der Waals surface area contributed by atoms with Crippen molar-refractivity contribution < 1.29 is 9.59 Å². The van der Waals surface area contributed by atoms with Crippen LogP contribution >= 0.6 is 0 Å². The van der Waals surface area contributed by atoms with Crippen LogP contribution in [0, 0.1) is 0 Å². The molecule has 7 rings (SSSR count). The molecular formula is C32H29N9O4. The Bertz CT molecular complexity index is 2010. The van der Waals surface area contributed by atoms with Crippen LogP contribution < -0.4 is 32.5 Å². The Balaban J connectivity index is 0.995. The molecule has 2 amide bonds. The molecule has 13 nitrogen and oxygen atoms in total. The van der Waals surface area contributed by atoms with Crippen molar-refractivity contribution in [3.8, 4) is 11.4 Å². The fourth-order valence-corrected chi connectivity index (χ4v) is 6.21. The van der Waals surface area contributed by atoms with Crippen LogP contribution in [0.4, 0.5) is 11.4 Å². The Kier molecular flexibility index (Phi) is 7.12. The second-order valence-corrected chi connectivity index (χ2v) is 11.4. The maximum atomic E-state index is 13.1. The predicted molar refractivity (Wildman–Crippen MR) is 165 cm³/mol. The second kappa shape index (κ2) is 11.4. The minimum atomic E-state index is -0.655. The topological polar surface area (TPSA) is 198 Å². The van der Waals surface area contributed by atoms with Gasteiger partial charge in [0, 0.05) is 18.2 Å². The summed E-state index contributed by atoms with van der Waals surface area (Å²) in [7, 11) is 0. The van der Waals surface area contributed by atoms with Gasteiger partial charge >= 0.3 is 0 Å². The maximum absolute atomic E-state index is 13.1. The zero-order chi connectivity index (χ0) is 31.1. The van der Waals surface area contributed by atoms with E-state index in [2.05, 4.69) is 47.2 Å². The highest BCUT2D eigenvalue weighted by molar-refractivity contribution is 5.97. The largest absolute Gasteiger partial charge is 0.394 e. The van der Waals surface area contributed by atoms with Crippen molar-refractivity contribution in [3.63, 3.8) is 0 Å². The predicted octanol–water partition coefficient (Wildman–Crippen LogP) is 2.28. The number of benzene rings is 2. The number of aryl methyl sites for hydroxylation is 2. The van der Waals surface area contributed by atoms with Gasteiger partial charge in [0.25, 0.3) is 22.7 Å². The number of aromatic amines is 1. The van der Waals surface area contributed by atoms with Crippen LogP contribution in [0.1, 0.15) is 80.1 Å². The van der Waals surface area contributed by atoms with Gasteiger partial charge in [0.15, 0.2) is 5.82 Å². The van der Waals surface area contributed by atoms with Gasteiger partial charge in [-0.15, -0.1) is 0 Å². The lowest BCUT2D eigenvalue weighted by atomic mass is 9.86. The molecule has 5 aromatic rings. The summed E-state index contributed by atoms with van der Waals surface area (Å²) in [5, 5.41) is 15.8. The number of nitrogens with two attached hydrogens (primary N) is 1. The number of amides is 2. The molecule has 3 aromatic carbocycles. The van der Waals surface area contributed by atoms with Crippen LogP contribution in [-0.4, -0.2) is 37.0 Å². The van der Waals surface area contributed by atoms with Gasteiger partial charge in [-0.05, 0) is 66.0 Å². The molecule has 0 fully saturated rings. The first kappa shape index (κ1) is 28.1. The van der Waals surface area contributed by atoms with Crippen LogP contribution in [-0.2, 0) is 19.4 Å². The van der Waals surface area contributed by atoms with E-state index >= 15 is 0 Å². The van der Waals surface area contributed by atoms with E-state index in [4.69, 9.17) is 5.73 Å². The van der Waals surface area contributed by atoms with Gasteiger partial charge < -0.3 is 21.7 Å². The van der Waals surface area contributed by atoms with Crippen molar-refractivity contribution in [2.75, 3.05) is 11.1 Å². The molecule has 0 spiro atoms. The van der Waals surface area contributed by atoms with Gasteiger partial charge in [0.05, 0.1) is 12.1 Å². The molecule has 2 atom stereocenters. The molecule has 1 unspecified atom stereocenters. The third kappa shape index (κ3) is 5.32. The Morgan fingerprint density at radius 2 is 1.69 bits per heavy atom. The summed E-state index contributed by atoms with van der Waals surface area (Å²) in [5.41, 5.74) is 10.9. The van der Waals surface area contributed by atoms with E-state index in [0.29, 0.717) is 5.82 Å². The Morgan fingerprint density at radius 3 is 2.49 bits per heavy atom. The van der Waals surface area contributed by atoms with Gasteiger partial charge in [-0.1, -0.05) is 30.3 Å². The number of nitrogen functional groups attached to an aromatic ring is 1. The van der Waals surface area contributed by atoms with Crippen molar-refractivity contribution in [2.45, 2.75) is 50.7 Å². The van der Waals surface area contributed by atoms with Crippen molar-refractivity contribution in [3.05, 3.63) is 115 Å². The first-order valence-electron chi connectivity index (χ1n) is 14.7. The zero-order valence-electron chi connectivity index (χ0n) is 24.1. The zero-order valence-corrected chi connectivity index (χ0v) is 24.1. The van der Waals surface area contributed by atoms with Crippen molar-refractivity contribution in [1.82, 2.24) is 35.8 Å². The van der Waals surface area contributed by atoms with E-state index in [-0.39, 0.29) is 47.3 Å². The minimum absolute atomic E-state index is 0.0286. The normalized spacial score (nSPS) is 17.0. The first-order chi connectivity index (χ1) is 21.9. The molecule has 2 aromatic heterocycles. The molecule has 0 radical (unpaired) electrons. The van der Waals surface area contributed by atoms with Crippen LogP contribution in [0.5, 0.6) is 0 Å². The molecule has 0 aliphatic heterocycles. The molecule has 2 heterocycles. The number of hydrogen-bond acceptors (Lipinski definition) is 10. The summed E-state index contributed by atoms with van der Waals surface area (Å²) in [5.74, 6) is -0.144. The molecule has 0 saturated carbocycles. The SMILES string of the molecule is Nc1c(NC2CCCc3ccc(CNC(=O)c4cc(C(=O)N[C@H]5CCc6cc(-c7ncn[nH]7)ccc65)ncn4)cc32)c(=O)c1=O. The van der Waals surface area contributed by atoms with Crippen molar-refractivity contribution >= 4 is 23.2 Å². The number of H-pyrrole nitrogens is 1. The van der Waals surface area contributed by atoms with E-state index in [0.717, 1.165) is 65.5 Å². The van der Waals surface area contributed by atoms with Gasteiger partial charge in [-0.25, -0.2) is 15.0 Å². The summed E-state index contributed by atoms with van der Waals surface area (Å²) < 4.78 is 0. The number of carbonyl (C=O) groups is 2. The molecular weight excluding hydrogens is 574 g/mol. The molecule has 0 bridgehead atoms. The molecule has 6 N–H and O–H groups in total. The number of nitrogens with zero attached hydrogens (tertiary/aromatic N) is 4. The number of aromatic nitrogens is 5. The average molecular weight is 604 g/mol. The van der Waals surface area contributed by atoms with Crippen LogP contribution in [0.3, 0.4) is 0 Å². The Labute approximate surface area is 256 Å². The molecule has 45 heavy (non-hydrogen) atoms. The molecule has 0 saturated heterocycles. The molecule has 226 valence electrons. The van der Waals surface area contributed by atoms with E-state index in [1.54, 1.807) is 0 Å². The average Bonchev–Trinajstić information content (AvgIpc) is 3.76. The Hall–Kier alpha value is -5.72. The Morgan fingerprint density at radius 1 is 0.844 bits per heavy atom. The summed E-state index contributed by atoms with van der Waals surface area (Å²) in [4.78, 5) is 62.1. The fraction of sp³-hybridized carbons (Fsp3) is 0.250. The van der Waals surface area contributed by atoms with Gasteiger partial charge in [0.1, 0.15) is 35.4 Å². The monoisotopic (exact) mass is 603 g/mol. The molecule has 13 heteroatoms. The lowest BCUT2D eigenvalue weighted by molar-refractivity contribution is 0.0931. The fourth-order valence-electron chi connectivity index (χ4n) is 6.21. The number of anilines is 2. The van der Waals surface area contributed by atoms with E-state index in [1.807, 2.05) is 30.3 Å². The van der Waals surface area contributed by atoms with Crippen LogP contribution in [0.15, 0.2) is 64.7 Å². The number of hydrogen-bond donors (Lipinski definition) is 5. The molecule has 2 aliphatic rings. The third-order valence-electron chi connectivity index (χ3n) is 8.59. The van der Waals surface area contributed by atoms with Gasteiger partial charge in [-0.3, -0.25) is 24.3 Å². The smallest absolute Gasteiger partial charge is 0.270 e. The standard InChI is InChI=1S/C32H29N9O4/c33-26-27(29(43)28(26)42)39-22-3-1-2-17-5-4-16(10-21(17)22)13-34-31(44)24-12-25(36-14-35-24)32(45)40-23-9-7-18-11-19(6-8-20(18)23)30-37-15-38-41-30/h4-6,8,10-12,14-15,22-23,39H,1-3,7,9,13,33H2,(H,34,44)(H,40,45)(H,37,38,41)/t22?,23-/m0/s1. The second-order valence-electron chi connectivity index (χ2n) is 11.4. The summed E-state index contributed by atoms with van der Waals surface area (Å²) in [6.07, 6.45) is 6.83. The number of nitrogens with one attached hydrogen (secondary N) is 4. The highest BCUT2D eigenvalue weighted by atomic mass is 16.2. The summed E-state index contributed by atoms with van der Waals surface area (Å²) >= 11 is 0. The lowest BCUT2D eigenvalue weighted by Crippen LogP contribution is -2.38. The van der Waals surface area contributed by atoms with Crippen LogP contribution in [0.25, 0.3) is 11.4 Å². The summed E-state index contributed by atoms with van der Waals surface area (Å²) in [6.45, 7) is 0.224. The van der Waals surface area contributed by atoms with Crippen molar-refractivity contribution in [1.29, 1.82) is 0 Å². The van der Waals surface area contributed by atoms with Gasteiger partial charge in [0.2, 0.25) is 0 Å². The highest BCUT2D eigenvalue weighted by Gasteiger charge is 2.27. The van der Waals surface area contributed by atoms with E-state index < -0.39 is 16.8 Å². The highest BCUT2D eigenvalue weighted by Crippen LogP contribution is 2.35. The number of carbonyl (C=O) groups excluding carboxylic acids is 2. The van der Waals surface area contributed by atoms with E-state index in [1.165, 1.54) is 18.7 Å². The maximum Gasteiger partial charge on any atom is 0.270 e. The molecule has 2 aliphatic carbocycles. The minimum Gasteiger partial charge on any atom is -0.394 e. The number of fused-ring (bicyclic) bond motifs is 2. The third-order valence-corrected chi connectivity index (χ3v) is 8.59. The van der Waals surface area contributed by atoms with Gasteiger partial charge in [-0.2, -0.15) is 5.10 Å². The van der Waals surface area contributed by atoms with Crippen LogP contribution in [0.2, 0.25) is 0 Å². The quantitative estimate of drug-likeness (QED) is 0.164. The summed E-state index contributed by atoms with van der Waals surface area (Å²) in [6, 6.07) is 13.0. The number of rotatable bonds is 8. The van der Waals surface area contributed by atoms with Crippen molar-refractivity contribution in [2.24, 2.45) is 0 Å². The lowest BCUT2D eigenvalue weighted by Gasteiger charge is -2.28. The van der Waals surface area contributed by atoms with E-state index in [9.17, 15) is 19.2 Å².